The van der Waals surface area contributed by atoms with E-state index in [2.05, 4.69) is 17.0 Å². The molecule has 2 N–H and O–H groups in total. The summed E-state index contributed by atoms with van der Waals surface area (Å²) in [5.74, 6) is 0.224. The number of nitrogens with zero attached hydrogens (tertiary/aromatic N) is 2. The van der Waals surface area contributed by atoms with Crippen LogP contribution in [0.25, 0.3) is 0 Å². The van der Waals surface area contributed by atoms with Crippen molar-refractivity contribution >= 4 is 5.91 Å². The third-order valence-electron chi connectivity index (χ3n) is 6.82. The molecule has 1 aromatic carbocycles. The van der Waals surface area contributed by atoms with Crippen LogP contribution in [0.5, 0.6) is 0 Å². The Morgan fingerprint density at radius 1 is 0.931 bits per heavy atom. The molecule has 6 nitrogen and oxygen atoms in total. The zero-order valence-electron chi connectivity index (χ0n) is 17.2. The Morgan fingerprint density at radius 2 is 1.59 bits per heavy atom. The molecule has 29 heavy (non-hydrogen) atoms. The van der Waals surface area contributed by atoms with Gasteiger partial charge in [0.2, 0.25) is 5.91 Å². The SMILES string of the molecule is O=C(C1CCC(O)CC1)N1CCO[C@@H](CN2CCC(O)CC2)[C@@H]1c1ccccc1. The van der Waals surface area contributed by atoms with Crippen LogP contribution in [0.1, 0.15) is 50.1 Å². The van der Waals surface area contributed by atoms with E-state index >= 15 is 0 Å². The van der Waals surface area contributed by atoms with Gasteiger partial charge in [-0.2, -0.15) is 0 Å². The Hall–Kier alpha value is -1.47. The van der Waals surface area contributed by atoms with Gasteiger partial charge in [0.1, 0.15) is 0 Å². The molecule has 3 aliphatic rings. The van der Waals surface area contributed by atoms with Gasteiger partial charge in [-0.1, -0.05) is 30.3 Å². The van der Waals surface area contributed by atoms with E-state index in [1.54, 1.807) is 0 Å². The van der Waals surface area contributed by atoms with Gasteiger partial charge in [-0.3, -0.25) is 4.79 Å². The number of aliphatic hydroxyl groups excluding tert-OH is 2. The molecule has 2 heterocycles. The summed E-state index contributed by atoms with van der Waals surface area (Å²) >= 11 is 0. The lowest BCUT2D eigenvalue weighted by Crippen LogP contribution is -2.54. The quantitative estimate of drug-likeness (QED) is 0.806. The number of hydrogen-bond acceptors (Lipinski definition) is 5. The molecule has 160 valence electrons. The van der Waals surface area contributed by atoms with Crippen molar-refractivity contribution in [2.75, 3.05) is 32.8 Å². The van der Waals surface area contributed by atoms with E-state index in [9.17, 15) is 15.0 Å². The van der Waals surface area contributed by atoms with Gasteiger partial charge < -0.3 is 24.7 Å². The minimum atomic E-state index is -0.254. The van der Waals surface area contributed by atoms with Crippen LogP contribution in [0.4, 0.5) is 0 Å². The molecule has 0 radical (unpaired) electrons. The van der Waals surface area contributed by atoms with Crippen molar-refractivity contribution < 1.29 is 19.7 Å². The van der Waals surface area contributed by atoms with Gasteiger partial charge in [0.05, 0.1) is 31.0 Å². The number of rotatable bonds is 4. The third-order valence-corrected chi connectivity index (χ3v) is 6.82. The fourth-order valence-corrected chi connectivity index (χ4v) is 5.09. The maximum Gasteiger partial charge on any atom is 0.226 e. The number of piperidine rings is 1. The lowest BCUT2D eigenvalue weighted by atomic mass is 9.85. The number of carbonyl (C=O) groups is 1. The topological polar surface area (TPSA) is 73.2 Å². The Labute approximate surface area is 173 Å². The molecule has 2 saturated heterocycles. The van der Waals surface area contributed by atoms with Gasteiger partial charge in [-0.25, -0.2) is 0 Å². The minimum Gasteiger partial charge on any atom is -0.393 e. The predicted octanol–water partition coefficient (Wildman–Crippen LogP) is 1.96. The second-order valence-corrected chi connectivity index (χ2v) is 8.83. The van der Waals surface area contributed by atoms with Crippen molar-refractivity contribution in [1.82, 2.24) is 9.80 Å². The van der Waals surface area contributed by atoms with Crippen LogP contribution in [-0.2, 0) is 9.53 Å². The van der Waals surface area contributed by atoms with E-state index in [0.717, 1.165) is 63.7 Å². The summed E-state index contributed by atoms with van der Waals surface area (Å²) in [5.41, 5.74) is 1.12. The summed E-state index contributed by atoms with van der Waals surface area (Å²) in [7, 11) is 0. The molecule has 4 rings (SSSR count). The van der Waals surface area contributed by atoms with Crippen LogP contribution in [0, 0.1) is 5.92 Å². The molecule has 0 unspecified atom stereocenters. The Morgan fingerprint density at radius 3 is 2.28 bits per heavy atom. The standard InChI is InChI=1S/C23H34N2O4/c26-19-8-6-18(7-9-19)23(28)25-14-15-29-21(16-24-12-10-20(27)11-13-24)22(25)17-4-2-1-3-5-17/h1-5,18-22,26-27H,6-16H2/t18?,19?,21-,22-/m0/s1. The Bertz CT molecular complexity index is 654. The zero-order chi connectivity index (χ0) is 20.2. The highest BCUT2D eigenvalue weighted by atomic mass is 16.5. The van der Waals surface area contributed by atoms with Crippen LogP contribution in [0.3, 0.4) is 0 Å². The summed E-state index contributed by atoms with van der Waals surface area (Å²) < 4.78 is 6.22. The lowest BCUT2D eigenvalue weighted by Gasteiger charge is -2.45. The number of likely N-dealkylation sites (tertiary alicyclic amines) is 1. The molecule has 1 saturated carbocycles. The first kappa shape index (κ1) is 20.8. The second kappa shape index (κ2) is 9.56. The van der Waals surface area contributed by atoms with E-state index in [-0.39, 0.29) is 36.2 Å². The highest BCUT2D eigenvalue weighted by Gasteiger charge is 2.40. The fourth-order valence-electron chi connectivity index (χ4n) is 5.09. The fraction of sp³-hybridized carbons (Fsp3) is 0.696. The van der Waals surface area contributed by atoms with E-state index in [0.29, 0.717) is 13.2 Å². The average Bonchev–Trinajstić information content (AvgIpc) is 2.76. The molecule has 2 atom stereocenters. The monoisotopic (exact) mass is 402 g/mol. The average molecular weight is 403 g/mol. The highest BCUT2D eigenvalue weighted by molar-refractivity contribution is 5.79. The number of morpholine rings is 1. The van der Waals surface area contributed by atoms with Gasteiger partial charge >= 0.3 is 0 Å². The number of ether oxygens (including phenoxy) is 1. The van der Waals surface area contributed by atoms with Crippen LogP contribution in [-0.4, -0.2) is 77.0 Å². The van der Waals surface area contributed by atoms with E-state index in [4.69, 9.17) is 4.74 Å². The molecular weight excluding hydrogens is 368 g/mol. The largest absolute Gasteiger partial charge is 0.393 e. The number of aliphatic hydroxyl groups is 2. The molecule has 2 aliphatic heterocycles. The molecule has 0 aromatic heterocycles. The maximum atomic E-state index is 13.5. The Kier molecular flexibility index (Phi) is 6.85. The molecular formula is C23H34N2O4. The number of hydrogen-bond donors (Lipinski definition) is 2. The van der Waals surface area contributed by atoms with Crippen molar-refractivity contribution in [3.63, 3.8) is 0 Å². The summed E-state index contributed by atoms with van der Waals surface area (Å²) in [6.07, 6.45) is 4.07. The smallest absolute Gasteiger partial charge is 0.226 e. The van der Waals surface area contributed by atoms with Crippen molar-refractivity contribution in [2.45, 2.75) is 62.9 Å². The van der Waals surface area contributed by atoms with Gasteiger partial charge in [-0.15, -0.1) is 0 Å². The van der Waals surface area contributed by atoms with Crippen LogP contribution in [0.2, 0.25) is 0 Å². The zero-order valence-corrected chi connectivity index (χ0v) is 17.2. The molecule has 6 heteroatoms. The van der Waals surface area contributed by atoms with E-state index < -0.39 is 0 Å². The normalized spacial score (nSPS) is 32.3. The van der Waals surface area contributed by atoms with Gasteiger partial charge in [0.25, 0.3) is 0 Å². The highest BCUT2D eigenvalue weighted by Crippen LogP contribution is 2.34. The molecule has 0 spiro atoms. The predicted molar refractivity (Wildman–Crippen MR) is 110 cm³/mol. The molecule has 3 fully saturated rings. The van der Waals surface area contributed by atoms with Crippen LogP contribution >= 0.6 is 0 Å². The van der Waals surface area contributed by atoms with Crippen molar-refractivity contribution in [2.24, 2.45) is 5.92 Å². The summed E-state index contributed by atoms with van der Waals surface area (Å²) in [4.78, 5) is 17.9. The molecule has 1 amide bonds. The molecule has 0 bridgehead atoms. The van der Waals surface area contributed by atoms with Gasteiger partial charge in [0, 0.05) is 32.1 Å². The maximum absolute atomic E-state index is 13.5. The van der Waals surface area contributed by atoms with Crippen LogP contribution < -0.4 is 0 Å². The minimum absolute atomic E-state index is 0.00787. The first-order valence-electron chi connectivity index (χ1n) is 11.2. The third kappa shape index (κ3) is 5.00. The van der Waals surface area contributed by atoms with Crippen LogP contribution in [0.15, 0.2) is 30.3 Å². The second-order valence-electron chi connectivity index (χ2n) is 8.83. The van der Waals surface area contributed by atoms with E-state index in [1.165, 1.54) is 0 Å². The first-order chi connectivity index (χ1) is 14.1. The first-order valence-corrected chi connectivity index (χ1v) is 11.2. The van der Waals surface area contributed by atoms with Gasteiger partial charge in [0.15, 0.2) is 0 Å². The summed E-state index contributed by atoms with van der Waals surface area (Å²) in [6, 6.07) is 10.2. The van der Waals surface area contributed by atoms with Crippen molar-refractivity contribution in [1.29, 1.82) is 0 Å². The Balaban J connectivity index is 1.52. The number of benzene rings is 1. The summed E-state index contributed by atoms with van der Waals surface area (Å²) in [6.45, 7) is 3.70. The summed E-state index contributed by atoms with van der Waals surface area (Å²) in [5, 5.41) is 19.6. The number of carbonyl (C=O) groups excluding carboxylic acids is 1. The van der Waals surface area contributed by atoms with Crippen molar-refractivity contribution in [3.8, 4) is 0 Å². The molecule has 1 aliphatic carbocycles. The van der Waals surface area contributed by atoms with Crippen molar-refractivity contribution in [3.05, 3.63) is 35.9 Å². The molecule has 1 aromatic rings. The van der Waals surface area contributed by atoms with Gasteiger partial charge in [-0.05, 0) is 44.1 Å². The lowest BCUT2D eigenvalue weighted by molar-refractivity contribution is -0.154. The number of amides is 1. The van der Waals surface area contributed by atoms with E-state index in [1.807, 2.05) is 23.1 Å².